The van der Waals surface area contributed by atoms with Gasteiger partial charge in [-0.25, -0.2) is 0 Å². The van der Waals surface area contributed by atoms with E-state index < -0.39 is 0 Å². The van der Waals surface area contributed by atoms with Gasteiger partial charge in [-0.15, -0.1) is 24.0 Å². The molecule has 1 rings (SSSR count). The Morgan fingerprint density at radius 3 is 2.58 bits per heavy atom. The van der Waals surface area contributed by atoms with Crippen LogP contribution in [0.5, 0.6) is 0 Å². The number of likely N-dealkylation sites (N-methyl/N-ethyl adjacent to an activating group) is 1. The number of anilines is 1. The van der Waals surface area contributed by atoms with Gasteiger partial charge in [-0.2, -0.15) is 0 Å². The zero-order valence-electron chi connectivity index (χ0n) is 15.0. The molecule has 0 spiro atoms. The Morgan fingerprint density at radius 2 is 2.00 bits per heavy atom. The van der Waals surface area contributed by atoms with Gasteiger partial charge in [0, 0.05) is 38.9 Å². The van der Waals surface area contributed by atoms with Crippen LogP contribution in [-0.2, 0) is 9.53 Å². The lowest BCUT2D eigenvalue weighted by molar-refractivity contribution is -0.140. The molecular formula is C17H29IN4O2. The SMILES string of the molecule is CCN(CCNC(=NC)NCCC(=O)OC)c1cccc(C)c1.I. The van der Waals surface area contributed by atoms with Crippen molar-refractivity contribution in [3.63, 3.8) is 0 Å². The lowest BCUT2D eigenvalue weighted by Gasteiger charge is -2.24. The molecule has 0 aliphatic heterocycles. The molecule has 1 aromatic carbocycles. The first kappa shape index (κ1) is 22.5. The molecule has 0 aromatic heterocycles. The second-order valence-electron chi connectivity index (χ2n) is 5.17. The van der Waals surface area contributed by atoms with Crippen LogP contribution in [0.2, 0.25) is 0 Å². The van der Waals surface area contributed by atoms with Gasteiger partial charge in [0.15, 0.2) is 5.96 Å². The van der Waals surface area contributed by atoms with E-state index in [2.05, 4.69) is 63.4 Å². The van der Waals surface area contributed by atoms with Crippen molar-refractivity contribution in [3.05, 3.63) is 29.8 Å². The Hall–Kier alpha value is -1.51. The summed E-state index contributed by atoms with van der Waals surface area (Å²) in [6, 6.07) is 8.49. The summed E-state index contributed by atoms with van der Waals surface area (Å²) in [6.07, 6.45) is 0.321. The van der Waals surface area contributed by atoms with Crippen molar-refractivity contribution in [2.24, 2.45) is 4.99 Å². The fraction of sp³-hybridized carbons (Fsp3) is 0.529. The van der Waals surface area contributed by atoms with Gasteiger partial charge in [0.2, 0.25) is 0 Å². The van der Waals surface area contributed by atoms with E-state index >= 15 is 0 Å². The van der Waals surface area contributed by atoms with Crippen LogP contribution in [0, 0.1) is 6.92 Å². The average Bonchev–Trinajstić information content (AvgIpc) is 2.56. The van der Waals surface area contributed by atoms with Gasteiger partial charge in [-0.05, 0) is 31.5 Å². The molecule has 2 N–H and O–H groups in total. The minimum Gasteiger partial charge on any atom is -0.469 e. The van der Waals surface area contributed by atoms with Gasteiger partial charge in [0.05, 0.1) is 13.5 Å². The maximum absolute atomic E-state index is 11.1. The minimum absolute atomic E-state index is 0. The first-order chi connectivity index (χ1) is 11.1. The maximum atomic E-state index is 11.1. The highest BCUT2D eigenvalue weighted by Gasteiger charge is 2.05. The maximum Gasteiger partial charge on any atom is 0.307 e. The molecule has 0 aliphatic rings. The number of carbonyl (C=O) groups is 1. The first-order valence-corrected chi connectivity index (χ1v) is 7.93. The summed E-state index contributed by atoms with van der Waals surface area (Å²) in [5, 5.41) is 6.35. The number of rotatable bonds is 8. The Kier molecular flexibility index (Phi) is 12.0. The van der Waals surface area contributed by atoms with Crippen LogP contribution in [0.15, 0.2) is 29.3 Å². The number of hydrogen-bond donors (Lipinski definition) is 2. The van der Waals surface area contributed by atoms with Gasteiger partial charge >= 0.3 is 5.97 Å². The smallest absolute Gasteiger partial charge is 0.307 e. The highest BCUT2D eigenvalue weighted by Crippen LogP contribution is 2.14. The van der Waals surface area contributed by atoms with Gasteiger partial charge in [0.1, 0.15) is 0 Å². The molecule has 0 heterocycles. The minimum atomic E-state index is -0.232. The predicted molar refractivity (Wildman–Crippen MR) is 110 cm³/mol. The number of methoxy groups -OCH3 is 1. The molecule has 136 valence electrons. The normalized spacial score (nSPS) is 10.6. The second-order valence-corrected chi connectivity index (χ2v) is 5.17. The zero-order chi connectivity index (χ0) is 17.1. The summed E-state index contributed by atoms with van der Waals surface area (Å²) >= 11 is 0. The van der Waals surface area contributed by atoms with E-state index in [-0.39, 0.29) is 29.9 Å². The van der Waals surface area contributed by atoms with Crippen molar-refractivity contribution in [1.82, 2.24) is 10.6 Å². The summed E-state index contributed by atoms with van der Waals surface area (Å²) in [5.74, 6) is 0.457. The third kappa shape index (κ3) is 8.37. The van der Waals surface area contributed by atoms with Crippen LogP contribution < -0.4 is 15.5 Å². The lowest BCUT2D eigenvalue weighted by atomic mass is 10.2. The highest BCUT2D eigenvalue weighted by atomic mass is 127. The van der Waals surface area contributed by atoms with Crippen LogP contribution in [0.25, 0.3) is 0 Å². The fourth-order valence-corrected chi connectivity index (χ4v) is 2.21. The molecule has 0 aliphatic carbocycles. The lowest BCUT2D eigenvalue weighted by Crippen LogP contribution is -2.42. The first-order valence-electron chi connectivity index (χ1n) is 7.93. The molecule has 24 heavy (non-hydrogen) atoms. The molecule has 0 amide bonds. The number of aliphatic imine (C=N–C) groups is 1. The van der Waals surface area contributed by atoms with Gasteiger partial charge in [-0.1, -0.05) is 12.1 Å². The van der Waals surface area contributed by atoms with Crippen LogP contribution in [0.3, 0.4) is 0 Å². The summed E-state index contributed by atoms with van der Waals surface area (Å²) in [7, 11) is 3.10. The second kappa shape index (κ2) is 12.9. The molecule has 0 saturated heterocycles. The molecule has 0 saturated carbocycles. The van der Waals surface area contributed by atoms with Crippen LogP contribution in [0.1, 0.15) is 18.9 Å². The molecule has 0 bridgehead atoms. The zero-order valence-corrected chi connectivity index (χ0v) is 17.3. The summed E-state index contributed by atoms with van der Waals surface area (Å²) < 4.78 is 4.61. The number of esters is 1. The van der Waals surface area contributed by atoms with E-state index in [1.807, 2.05) is 0 Å². The van der Waals surface area contributed by atoms with Gasteiger partial charge < -0.3 is 20.3 Å². The average molecular weight is 448 g/mol. The number of carbonyl (C=O) groups excluding carboxylic acids is 1. The van der Waals surface area contributed by atoms with Crippen molar-refractivity contribution in [2.75, 3.05) is 45.2 Å². The molecule has 6 nitrogen and oxygen atoms in total. The molecule has 0 atom stereocenters. The topological polar surface area (TPSA) is 66.0 Å². The number of nitrogens with zero attached hydrogens (tertiary/aromatic N) is 2. The molecule has 1 aromatic rings. The fourth-order valence-electron chi connectivity index (χ4n) is 2.21. The number of guanidine groups is 1. The van der Waals surface area contributed by atoms with E-state index in [9.17, 15) is 4.79 Å². The van der Waals surface area contributed by atoms with Crippen LogP contribution in [0.4, 0.5) is 5.69 Å². The third-order valence-corrected chi connectivity index (χ3v) is 3.50. The Labute approximate surface area is 162 Å². The van der Waals surface area contributed by atoms with E-state index in [1.165, 1.54) is 18.4 Å². The largest absolute Gasteiger partial charge is 0.469 e. The summed E-state index contributed by atoms with van der Waals surface area (Å²) in [6.45, 7) is 7.33. The predicted octanol–water partition coefficient (Wildman–Crippen LogP) is 2.17. The van der Waals surface area contributed by atoms with Crippen LogP contribution >= 0.6 is 24.0 Å². The number of ether oxygens (including phenoxy) is 1. The van der Waals surface area contributed by atoms with Crippen molar-refractivity contribution >= 4 is 41.6 Å². The summed E-state index contributed by atoms with van der Waals surface area (Å²) in [4.78, 5) is 17.5. The molecule has 0 fully saturated rings. The van der Waals surface area contributed by atoms with Crippen molar-refractivity contribution in [2.45, 2.75) is 20.3 Å². The highest BCUT2D eigenvalue weighted by molar-refractivity contribution is 14.0. The number of benzene rings is 1. The molecule has 7 heteroatoms. The van der Waals surface area contributed by atoms with E-state index in [0.717, 1.165) is 19.6 Å². The Balaban J connectivity index is 0.00000529. The Bertz CT molecular complexity index is 523. The Morgan fingerprint density at radius 1 is 1.29 bits per heavy atom. The van der Waals surface area contributed by atoms with Crippen molar-refractivity contribution in [3.8, 4) is 0 Å². The standard InChI is InChI=1S/C17H28N4O2.HI/c1-5-21(15-8-6-7-14(2)13-15)12-11-20-17(18-3)19-10-9-16(22)23-4;/h6-8,13H,5,9-12H2,1-4H3,(H2,18,19,20);1H. The van der Waals surface area contributed by atoms with Crippen molar-refractivity contribution < 1.29 is 9.53 Å². The van der Waals surface area contributed by atoms with E-state index in [4.69, 9.17) is 0 Å². The number of halogens is 1. The van der Waals surface area contributed by atoms with Gasteiger partial charge in [0.25, 0.3) is 0 Å². The number of hydrogen-bond acceptors (Lipinski definition) is 4. The number of aryl methyl sites for hydroxylation is 1. The molecule has 0 unspecified atom stereocenters. The quantitative estimate of drug-likeness (QED) is 0.276. The monoisotopic (exact) mass is 448 g/mol. The van der Waals surface area contributed by atoms with E-state index in [0.29, 0.717) is 18.9 Å². The van der Waals surface area contributed by atoms with E-state index in [1.54, 1.807) is 7.05 Å². The summed E-state index contributed by atoms with van der Waals surface area (Å²) in [5.41, 5.74) is 2.48. The van der Waals surface area contributed by atoms with Crippen molar-refractivity contribution in [1.29, 1.82) is 0 Å². The molecular weight excluding hydrogens is 419 g/mol. The number of nitrogens with one attached hydrogen (secondary N) is 2. The van der Waals surface area contributed by atoms with Crippen LogP contribution in [-0.4, -0.2) is 52.3 Å². The molecule has 0 radical (unpaired) electrons. The van der Waals surface area contributed by atoms with Gasteiger partial charge in [-0.3, -0.25) is 9.79 Å². The third-order valence-electron chi connectivity index (χ3n) is 3.50.